The van der Waals surface area contributed by atoms with Crippen LogP contribution in [0, 0.1) is 13.8 Å². The van der Waals surface area contributed by atoms with Crippen LogP contribution in [0.2, 0.25) is 0 Å². The molecule has 0 spiro atoms. The van der Waals surface area contributed by atoms with E-state index in [9.17, 15) is 4.79 Å². The molecule has 1 aliphatic heterocycles. The Morgan fingerprint density at radius 1 is 1.32 bits per heavy atom. The number of morpholine rings is 1. The normalized spacial score (nSPS) is 16.5. The number of anilines is 2. The van der Waals surface area contributed by atoms with E-state index in [1.54, 1.807) is 6.20 Å². The number of carbonyl (C=O) groups excluding carboxylic acids is 1. The molecule has 9 heteroatoms. The van der Waals surface area contributed by atoms with E-state index in [4.69, 9.17) is 9.47 Å². The summed E-state index contributed by atoms with van der Waals surface area (Å²) in [4.78, 5) is 20.7. The van der Waals surface area contributed by atoms with E-state index in [0.717, 1.165) is 34.3 Å². The Labute approximate surface area is 178 Å². The number of amides is 2. The molecular formula is C19H24IN5O3. The van der Waals surface area contributed by atoms with Crippen molar-refractivity contribution in [1.82, 2.24) is 15.3 Å². The molecule has 0 aliphatic carbocycles. The van der Waals surface area contributed by atoms with Gasteiger partial charge in [-0.15, -0.1) is 0 Å². The van der Waals surface area contributed by atoms with Gasteiger partial charge in [-0.05, 0) is 37.1 Å². The van der Waals surface area contributed by atoms with Crippen LogP contribution < -0.4 is 20.7 Å². The number of hydrogen-bond donors (Lipinski definition) is 3. The van der Waals surface area contributed by atoms with Gasteiger partial charge in [-0.3, -0.25) is 10.3 Å². The first-order valence-corrected chi connectivity index (χ1v) is 10.6. The molecule has 1 aliphatic rings. The van der Waals surface area contributed by atoms with Gasteiger partial charge >= 0.3 is 6.03 Å². The molecule has 2 heterocycles. The van der Waals surface area contributed by atoms with Gasteiger partial charge in [0.2, 0.25) is 0 Å². The summed E-state index contributed by atoms with van der Waals surface area (Å²) in [6, 6.07) is 3.49. The monoisotopic (exact) mass is 497 g/mol. The van der Waals surface area contributed by atoms with Crippen molar-refractivity contribution in [3.63, 3.8) is 0 Å². The smallest absolute Gasteiger partial charge is 0.324 e. The summed E-state index contributed by atoms with van der Waals surface area (Å²) in [5.41, 5.74) is 3.64. The number of aryl methyl sites for hydroxylation is 2. The number of carbonyl (C=O) groups is 1. The van der Waals surface area contributed by atoms with E-state index in [2.05, 4.69) is 48.5 Å². The number of ether oxygens (including phenoxy) is 2. The van der Waals surface area contributed by atoms with Crippen LogP contribution in [0.1, 0.15) is 16.8 Å². The summed E-state index contributed by atoms with van der Waals surface area (Å²) >= 11 is 2.30. The first kappa shape index (κ1) is 20.7. The third-order valence-electron chi connectivity index (χ3n) is 4.28. The van der Waals surface area contributed by atoms with Crippen LogP contribution in [0.15, 0.2) is 24.5 Å². The number of alkyl halides is 1. The van der Waals surface area contributed by atoms with Crippen LogP contribution in [-0.4, -0.2) is 48.4 Å². The lowest BCUT2D eigenvalue weighted by molar-refractivity contribution is 0.000339. The van der Waals surface area contributed by atoms with Crippen molar-refractivity contribution in [3.05, 3.63) is 41.3 Å². The van der Waals surface area contributed by atoms with E-state index in [1.165, 1.54) is 6.20 Å². The largest absolute Gasteiger partial charge is 0.489 e. The van der Waals surface area contributed by atoms with Crippen molar-refractivity contribution in [3.8, 4) is 5.75 Å². The number of aromatic nitrogens is 2. The van der Waals surface area contributed by atoms with Crippen LogP contribution >= 0.6 is 22.6 Å². The molecule has 3 rings (SSSR count). The highest BCUT2D eigenvalue weighted by atomic mass is 127. The van der Waals surface area contributed by atoms with Gasteiger partial charge in [-0.1, -0.05) is 22.6 Å². The van der Waals surface area contributed by atoms with Crippen LogP contribution in [0.4, 0.5) is 16.3 Å². The van der Waals surface area contributed by atoms with Crippen LogP contribution in [-0.2, 0) is 9.16 Å². The van der Waals surface area contributed by atoms with Crippen LogP contribution in [0.25, 0.3) is 0 Å². The van der Waals surface area contributed by atoms with Crippen molar-refractivity contribution >= 4 is 40.1 Å². The maximum Gasteiger partial charge on any atom is 0.324 e. The lowest BCUT2D eigenvalue weighted by atomic mass is 10.1. The summed E-state index contributed by atoms with van der Waals surface area (Å²) < 4.78 is 12.5. The van der Waals surface area contributed by atoms with Gasteiger partial charge < -0.3 is 20.1 Å². The fourth-order valence-corrected chi connectivity index (χ4v) is 3.55. The highest BCUT2D eigenvalue weighted by Crippen LogP contribution is 2.30. The number of nitrogens with one attached hydrogen (secondary N) is 3. The van der Waals surface area contributed by atoms with E-state index in [-0.39, 0.29) is 6.10 Å². The van der Waals surface area contributed by atoms with Gasteiger partial charge in [0.25, 0.3) is 0 Å². The number of rotatable bonds is 6. The summed E-state index contributed by atoms with van der Waals surface area (Å²) in [5, 5.41) is 8.83. The molecule has 8 nitrogen and oxygen atoms in total. The number of nitrogens with zero attached hydrogens (tertiary/aromatic N) is 2. The maximum absolute atomic E-state index is 12.4. The summed E-state index contributed by atoms with van der Waals surface area (Å²) in [6.45, 7) is 6.56. The molecule has 1 atom stereocenters. The highest BCUT2D eigenvalue weighted by molar-refractivity contribution is 14.1. The molecule has 2 aromatic rings. The first-order valence-electron chi connectivity index (χ1n) is 9.06. The minimum absolute atomic E-state index is 0.0113. The highest BCUT2D eigenvalue weighted by Gasteiger charge is 2.17. The van der Waals surface area contributed by atoms with Crippen LogP contribution in [0.5, 0.6) is 5.75 Å². The number of hydrogen-bond acceptors (Lipinski definition) is 6. The van der Waals surface area contributed by atoms with E-state index in [1.807, 2.05) is 26.0 Å². The average Bonchev–Trinajstić information content (AvgIpc) is 2.70. The number of urea groups is 1. The van der Waals surface area contributed by atoms with Gasteiger partial charge in [-0.2, -0.15) is 0 Å². The molecule has 28 heavy (non-hydrogen) atoms. The van der Waals surface area contributed by atoms with Gasteiger partial charge in [0.05, 0.1) is 30.4 Å². The summed E-state index contributed by atoms with van der Waals surface area (Å²) in [6.07, 6.45) is 3.11. The lowest BCUT2D eigenvalue weighted by Crippen LogP contribution is -2.41. The second-order valence-corrected chi connectivity index (χ2v) is 7.30. The summed E-state index contributed by atoms with van der Waals surface area (Å²) in [5.74, 6) is 0.999. The zero-order valence-electron chi connectivity index (χ0n) is 15.9. The molecule has 0 radical (unpaired) electrons. The minimum atomic E-state index is -0.401. The van der Waals surface area contributed by atoms with Crippen molar-refractivity contribution < 1.29 is 14.3 Å². The van der Waals surface area contributed by atoms with Crippen molar-refractivity contribution in [1.29, 1.82) is 0 Å². The Balaban J connectivity index is 1.71. The van der Waals surface area contributed by atoms with Crippen molar-refractivity contribution in [2.75, 3.05) is 36.9 Å². The predicted octanol–water partition coefficient (Wildman–Crippen LogP) is 3.04. The Kier molecular flexibility index (Phi) is 7.40. The minimum Gasteiger partial charge on any atom is -0.489 e. The molecule has 1 aromatic heterocycles. The summed E-state index contributed by atoms with van der Waals surface area (Å²) in [7, 11) is 0. The standard InChI is InChI=1S/C19H24IN5O3/c1-12-5-17(28-11-15-9-21-3-4-27-15)16(6-14(12)7-20)24-19(26)25-18-10-22-13(2)8-23-18/h5-6,8,10,15,21H,3-4,7,9,11H2,1-2H3,(H2,23,24,25,26)/t15-/m1/s1. The van der Waals surface area contributed by atoms with E-state index in [0.29, 0.717) is 30.5 Å². The molecular weight excluding hydrogens is 473 g/mol. The second-order valence-electron chi connectivity index (χ2n) is 6.54. The fraction of sp³-hybridized carbons (Fsp3) is 0.421. The van der Waals surface area contributed by atoms with E-state index < -0.39 is 6.03 Å². The van der Waals surface area contributed by atoms with Gasteiger partial charge in [0.15, 0.2) is 5.82 Å². The molecule has 1 aromatic carbocycles. The molecule has 1 fully saturated rings. The zero-order valence-corrected chi connectivity index (χ0v) is 18.1. The Bertz CT molecular complexity index is 810. The Morgan fingerprint density at radius 2 is 2.18 bits per heavy atom. The molecule has 0 saturated carbocycles. The molecule has 0 unspecified atom stereocenters. The Morgan fingerprint density at radius 3 is 2.86 bits per heavy atom. The SMILES string of the molecule is Cc1cnc(NC(=O)Nc2cc(CI)c(C)cc2OC[C@H]2CNCCO2)cn1. The molecule has 1 saturated heterocycles. The molecule has 150 valence electrons. The quantitative estimate of drug-likeness (QED) is 0.420. The van der Waals surface area contributed by atoms with Gasteiger partial charge in [0, 0.05) is 17.5 Å². The third-order valence-corrected chi connectivity index (χ3v) is 5.10. The lowest BCUT2D eigenvalue weighted by Gasteiger charge is -2.24. The number of halogens is 1. The van der Waals surface area contributed by atoms with Crippen molar-refractivity contribution in [2.24, 2.45) is 0 Å². The maximum atomic E-state index is 12.4. The Hall–Kier alpha value is -1.98. The molecule has 3 N–H and O–H groups in total. The average molecular weight is 497 g/mol. The van der Waals surface area contributed by atoms with Gasteiger partial charge in [-0.25, -0.2) is 9.78 Å². The first-order chi connectivity index (χ1) is 13.5. The number of benzene rings is 1. The van der Waals surface area contributed by atoms with Crippen LogP contribution in [0.3, 0.4) is 0 Å². The molecule has 0 bridgehead atoms. The molecule has 2 amide bonds. The topological polar surface area (TPSA) is 97.4 Å². The predicted molar refractivity (Wildman–Crippen MR) is 116 cm³/mol. The third kappa shape index (κ3) is 5.76. The fourth-order valence-electron chi connectivity index (χ4n) is 2.72. The van der Waals surface area contributed by atoms with Gasteiger partial charge in [0.1, 0.15) is 18.5 Å². The van der Waals surface area contributed by atoms with E-state index >= 15 is 0 Å². The second kappa shape index (κ2) is 9.99. The van der Waals surface area contributed by atoms with Crippen molar-refractivity contribution in [2.45, 2.75) is 24.4 Å². The zero-order chi connectivity index (χ0) is 19.9.